The molecule has 2 heterocycles. The van der Waals surface area contributed by atoms with Crippen LogP contribution < -0.4 is 11.4 Å². The van der Waals surface area contributed by atoms with Crippen LogP contribution in [0.4, 0.5) is 5.82 Å². The second-order valence-electron chi connectivity index (χ2n) is 4.40. The summed E-state index contributed by atoms with van der Waals surface area (Å²) >= 11 is 5.65. The first kappa shape index (κ1) is 14.3. The van der Waals surface area contributed by atoms with Gasteiger partial charge in [-0.2, -0.15) is 4.98 Å². The molecule has 0 aliphatic carbocycles. The highest BCUT2D eigenvalue weighted by atomic mass is 35.5. The van der Waals surface area contributed by atoms with Crippen molar-refractivity contribution in [3.8, 4) is 0 Å². The van der Waals surface area contributed by atoms with Gasteiger partial charge in [0.05, 0.1) is 12.7 Å². The van der Waals surface area contributed by atoms with Crippen LogP contribution in [0.15, 0.2) is 11.0 Å². The number of hydrogen-bond acceptors (Lipinski definition) is 6. The van der Waals surface area contributed by atoms with Crippen molar-refractivity contribution in [3.05, 3.63) is 22.2 Å². The molecule has 7 nitrogen and oxygen atoms in total. The number of anilines is 1. The number of halogens is 1. The lowest BCUT2D eigenvalue weighted by molar-refractivity contribution is -0.0459. The van der Waals surface area contributed by atoms with Crippen molar-refractivity contribution >= 4 is 17.4 Å². The maximum Gasteiger partial charge on any atom is 0.351 e. The number of nitrogens with zero attached hydrogens (tertiary/aromatic N) is 2. The third kappa shape index (κ3) is 2.89. The lowest BCUT2D eigenvalue weighted by Crippen LogP contribution is -2.29. The highest BCUT2D eigenvalue weighted by molar-refractivity contribution is 6.18. The van der Waals surface area contributed by atoms with Gasteiger partial charge >= 0.3 is 5.69 Å². The molecule has 0 saturated carbocycles. The van der Waals surface area contributed by atoms with Crippen LogP contribution in [0.25, 0.3) is 0 Å². The highest BCUT2D eigenvalue weighted by Crippen LogP contribution is 2.27. The van der Waals surface area contributed by atoms with Crippen molar-refractivity contribution in [2.24, 2.45) is 0 Å². The number of rotatable bonds is 4. The van der Waals surface area contributed by atoms with E-state index in [1.54, 1.807) is 6.20 Å². The molecule has 0 unspecified atom stereocenters. The molecule has 8 heteroatoms. The van der Waals surface area contributed by atoms with Crippen LogP contribution in [0.1, 0.15) is 18.2 Å². The van der Waals surface area contributed by atoms with Crippen molar-refractivity contribution < 1.29 is 14.9 Å². The molecule has 1 aromatic rings. The molecule has 1 aliphatic heterocycles. The Morgan fingerprint density at radius 3 is 2.95 bits per heavy atom. The summed E-state index contributed by atoms with van der Waals surface area (Å²) in [7, 11) is 0. The number of alkyl halides is 1. The van der Waals surface area contributed by atoms with Gasteiger partial charge in [-0.3, -0.25) is 4.57 Å². The zero-order chi connectivity index (χ0) is 14.0. The van der Waals surface area contributed by atoms with E-state index >= 15 is 0 Å². The summed E-state index contributed by atoms with van der Waals surface area (Å²) < 4.78 is 6.69. The van der Waals surface area contributed by atoms with Crippen molar-refractivity contribution in [2.45, 2.75) is 31.3 Å². The number of nitrogen functional groups attached to an aromatic ring is 1. The molecule has 1 aromatic heterocycles. The van der Waals surface area contributed by atoms with Gasteiger partial charge in [0.15, 0.2) is 0 Å². The fraction of sp³-hybridized carbons (Fsp3) is 0.636. The average Bonchev–Trinajstić information content (AvgIpc) is 2.74. The highest BCUT2D eigenvalue weighted by Gasteiger charge is 2.35. The molecule has 2 rings (SSSR count). The first-order valence-corrected chi connectivity index (χ1v) is 6.48. The Morgan fingerprint density at radius 2 is 2.37 bits per heavy atom. The number of hydrogen-bond donors (Lipinski definition) is 3. The molecule has 0 radical (unpaired) electrons. The fourth-order valence-corrected chi connectivity index (χ4v) is 2.28. The van der Waals surface area contributed by atoms with E-state index in [9.17, 15) is 9.90 Å². The maximum atomic E-state index is 11.8. The van der Waals surface area contributed by atoms with E-state index < -0.39 is 24.1 Å². The summed E-state index contributed by atoms with van der Waals surface area (Å²) in [5.74, 6) is 0.511. The van der Waals surface area contributed by atoms with E-state index in [2.05, 4.69) is 4.98 Å². The van der Waals surface area contributed by atoms with E-state index in [1.807, 2.05) is 0 Å². The SMILES string of the molecule is Nc1nc(=O)n([C@@H]2C[C@H](O)[C@@H](CO)O2)cc1CCCl. The first-order valence-electron chi connectivity index (χ1n) is 5.94. The van der Waals surface area contributed by atoms with Crippen molar-refractivity contribution in [1.29, 1.82) is 0 Å². The van der Waals surface area contributed by atoms with E-state index in [1.165, 1.54) is 4.57 Å². The molecule has 4 N–H and O–H groups in total. The van der Waals surface area contributed by atoms with Crippen LogP contribution in [0, 0.1) is 0 Å². The Labute approximate surface area is 114 Å². The van der Waals surface area contributed by atoms with Gasteiger partial charge in [0.1, 0.15) is 18.1 Å². The lowest BCUT2D eigenvalue weighted by Gasteiger charge is -2.16. The Balaban J connectivity index is 2.30. The minimum absolute atomic E-state index is 0.152. The zero-order valence-corrected chi connectivity index (χ0v) is 11.0. The average molecular weight is 290 g/mol. The molecule has 106 valence electrons. The molecule has 1 saturated heterocycles. The second-order valence-corrected chi connectivity index (χ2v) is 4.77. The molecule has 19 heavy (non-hydrogen) atoms. The van der Waals surface area contributed by atoms with E-state index in [0.29, 0.717) is 17.9 Å². The maximum absolute atomic E-state index is 11.8. The van der Waals surface area contributed by atoms with Crippen molar-refractivity contribution in [3.63, 3.8) is 0 Å². The minimum atomic E-state index is -0.809. The Kier molecular flexibility index (Phi) is 4.41. The predicted octanol–water partition coefficient (Wildman–Crippen LogP) is -0.753. The summed E-state index contributed by atoms with van der Waals surface area (Å²) in [5, 5.41) is 18.7. The number of aryl methyl sites for hydroxylation is 1. The summed E-state index contributed by atoms with van der Waals surface area (Å²) in [6.07, 6.45) is 0.101. The van der Waals surface area contributed by atoms with Crippen LogP contribution in [0.2, 0.25) is 0 Å². The summed E-state index contributed by atoms with van der Waals surface area (Å²) in [6, 6.07) is 0. The third-order valence-corrected chi connectivity index (χ3v) is 3.31. The Bertz CT molecular complexity index is 507. The molecule has 0 bridgehead atoms. The fourth-order valence-electron chi connectivity index (χ4n) is 2.07. The van der Waals surface area contributed by atoms with Crippen LogP contribution in [0.5, 0.6) is 0 Å². The monoisotopic (exact) mass is 289 g/mol. The van der Waals surface area contributed by atoms with Gasteiger partial charge in [-0.05, 0) is 6.42 Å². The normalized spacial score (nSPS) is 26.8. The van der Waals surface area contributed by atoms with Crippen LogP contribution >= 0.6 is 11.6 Å². The second kappa shape index (κ2) is 5.87. The van der Waals surface area contributed by atoms with Gasteiger partial charge in [0.25, 0.3) is 0 Å². The van der Waals surface area contributed by atoms with Crippen LogP contribution in [0.3, 0.4) is 0 Å². The number of aliphatic hydroxyl groups excluding tert-OH is 2. The van der Waals surface area contributed by atoms with Gasteiger partial charge in [-0.1, -0.05) is 0 Å². The van der Waals surface area contributed by atoms with E-state index in [4.69, 9.17) is 27.2 Å². The minimum Gasteiger partial charge on any atom is -0.394 e. The quantitative estimate of drug-likeness (QED) is 0.629. The molecule has 0 aromatic carbocycles. The molecule has 0 amide bonds. The molecule has 0 spiro atoms. The summed E-state index contributed by atoms with van der Waals surface area (Å²) in [5.41, 5.74) is 5.75. The first-order chi connectivity index (χ1) is 9.06. The largest absolute Gasteiger partial charge is 0.394 e. The van der Waals surface area contributed by atoms with Crippen molar-refractivity contribution in [2.75, 3.05) is 18.2 Å². The molecule has 3 atom stereocenters. The van der Waals surface area contributed by atoms with Gasteiger partial charge in [0, 0.05) is 24.1 Å². The Hall–Kier alpha value is -1.15. The third-order valence-electron chi connectivity index (χ3n) is 3.12. The zero-order valence-electron chi connectivity index (χ0n) is 10.2. The van der Waals surface area contributed by atoms with Gasteiger partial charge in [-0.15, -0.1) is 11.6 Å². The number of nitrogens with two attached hydrogens (primary N) is 1. The number of aromatic nitrogens is 2. The predicted molar refractivity (Wildman–Crippen MR) is 69.0 cm³/mol. The molecular weight excluding hydrogens is 274 g/mol. The number of aliphatic hydroxyl groups is 2. The van der Waals surface area contributed by atoms with Crippen molar-refractivity contribution in [1.82, 2.24) is 9.55 Å². The van der Waals surface area contributed by atoms with E-state index in [-0.39, 0.29) is 18.8 Å². The standard InChI is InChI=1S/C11H16ClN3O4/c12-2-1-6-4-15(11(18)14-10(6)13)9-3-7(17)8(5-16)19-9/h4,7-9,16-17H,1-3,5H2,(H2,13,14,18)/t7-,8+,9-/m0/s1. The van der Waals surface area contributed by atoms with Gasteiger partial charge in [-0.25, -0.2) is 4.79 Å². The number of ether oxygens (including phenoxy) is 1. The molecule has 1 fully saturated rings. The Morgan fingerprint density at radius 1 is 1.63 bits per heavy atom. The van der Waals surface area contributed by atoms with Gasteiger partial charge in [0.2, 0.25) is 0 Å². The summed E-state index contributed by atoms with van der Waals surface area (Å²) in [4.78, 5) is 15.5. The van der Waals surface area contributed by atoms with E-state index in [0.717, 1.165) is 0 Å². The summed E-state index contributed by atoms with van der Waals surface area (Å²) in [6.45, 7) is -0.302. The van der Waals surface area contributed by atoms with Gasteiger partial charge < -0.3 is 20.7 Å². The van der Waals surface area contributed by atoms with Crippen LogP contribution in [-0.2, 0) is 11.2 Å². The molecule has 1 aliphatic rings. The smallest absolute Gasteiger partial charge is 0.351 e. The van der Waals surface area contributed by atoms with Crippen LogP contribution in [-0.4, -0.2) is 44.5 Å². The topological polar surface area (TPSA) is 111 Å². The molecular formula is C11H16ClN3O4. The lowest BCUT2D eigenvalue weighted by atomic mass is 10.2.